The molecule has 7 nitrogen and oxygen atoms in total. The van der Waals surface area contributed by atoms with Crippen LogP contribution in [0.25, 0.3) is 0 Å². The van der Waals surface area contributed by atoms with E-state index in [2.05, 4.69) is 0 Å². The Bertz CT molecular complexity index is 797. The van der Waals surface area contributed by atoms with Crippen molar-refractivity contribution in [3.8, 4) is 0 Å². The first-order valence-electron chi connectivity index (χ1n) is 9.97. The number of amides is 1. The Morgan fingerprint density at radius 1 is 1.24 bits per heavy atom. The minimum atomic E-state index is -1.66. The molecule has 0 unspecified atom stereocenters. The maximum absolute atomic E-state index is 13.2. The monoisotopic (exact) mass is 403 g/mol. The van der Waals surface area contributed by atoms with Gasteiger partial charge in [0.15, 0.2) is 5.78 Å². The number of fused-ring (bicyclic) bond motifs is 1. The van der Waals surface area contributed by atoms with Gasteiger partial charge in [0, 0.05) is 18.3 Å². The van der Waals surface area contributed by atoms with E-state index in [4.69, 9.17) is 9.47 Å². The van der Waals surface area contributed by atoms with Gasteiger partial charge in [-0.1, -0.05) is 30.3 Å². The molecule has 2 fully saturated rings. The number of carbonyl (C=O) groups excluding carboxylic acids is 3. The van der Waals surface area contributed by atoms with Crippen molar-refractivity contribution >= 4 is 17.8 Å². The summed E-state index contributed by atoms with van der Waals surface area (Å²) in [5, 5.41) is 11.0. The number of likely N-dealkylation sites (tertiary alicyclic amines) is 1. The van der Waals surface area contributed by atoms with Gasteiger partial charge in [-0.15, -0.1) is 0 Å². The van der Waals surface area contributed by atoms with Crippen LogP contribution in [0.5, 0.6) is 0 Å². The largest absolute Gasteiger partial charge is 0.464 e. The number of benzene rings is 1. The molecule has 1 aromatic rings. The molecule has 1 N–H and O–H groups in total. The summed E-state index contributed by atoms with van der Waals surface area (Å²) in [5.41, 5.74) is -1.70. The van der Waals surface area contributed by atoms with Crippen molar-refractivity contribution in [1.29, 1.82) is 0 Å². The predicted octanol–water partition coefficient (Wildman–Crippen LogP) is 2.87. The van der Waals surface area contributed by atoms with Gasteiger partial charge < -0.3 is 14.6 Å². The van der Waals surface area contributed by atoms with E-state index >= 15 is 0 Å². The zero-order valence-electron chi connectivity index (χ0n) is 17.5. The Morgan fingerprint density at radius 3 is 2.41 bits per heavy atom. The molecule has 0 spiro atoms. The van der Waals surface area contributed by atoms with E-state index in [0.29, 0.717) is 0 Å². The molecule has 1 saturated heterocycles. The number of rotatable bonds is 3. The topological polar surface area (TPSA) is 93.1 Å². The van der Waals surface area contributed by atoms with Crippen molar-refractivity contribution in [1.82, 2.24) is 4.90 Å². The van der Waals surface area contributed by atoms with Gasteiger partial charge in [0.1, 0.15) is 17.2 Å². The molecule has 0 bridgehead atoms. The summed E-state index contributed by atoms with van der Waals surface area (Å²) in [7, 11) is 0. The predicted molar refractivity (Wildman–Crippen MR) is 105 cm³/mol. The van der Waals surface area contributed by atoms with Gasteiger partial charge >= 0.3 is 12.1 Å². The maximum atomic E-state index is 13.2. The number of Topliss-reactive ketones (excluding diaryl/α,β-unsaturated/α-hetero) is 1. The highest BCUT2D eigenvalue weighted by molar-refractivity contribution is 5.93. The Hall–Kier alpha value is -2.41. The van der Waals surface area contributed by atoms with Crippen molar-refractivity contribution in [2.45, 2.75) is 64.3 Å². The lowest BCUT2D eigenvalue weighted by Gasteiger charge is -2.35. The Kier molecular flexibility index (Phi) is 5.47. The number of hydrogen-bond acceptors (Lipinski definition) is 6. The quantitative estimate of drug-likeness (QED) is 0.780. The number of aliphatic hydroxyl groups is 1. The van der Waals surface area contributed by atoms with Gasteiger partial charge in [-0.2, -0.15) is 0 Å². The number of ether oxygens (including phenoxy) is 2. The van der Waals surface area contributed by atoms with Crippen LogP contribution in [-0.2, 0) is 19.1 Å². The van der Waals surface area contributed by atoms with Crippen molar-refractivity contribution < 1.29 is 29.0 Å². The normalized spacial score (nSPS) is 31.5. The fraction of sp³-hybridized carbons (Fsp3) is 0.591. The van der Waals surface area contributed by atoms with Crippen LogP contribution in [-0.4, -0.2) is 51.7 Å². The summed E-state index contributed by atoms with van der Waals surface area (Å²) < 4.78 is 10.9. The first-order valence-corrected chi connectivity index (χ1v) is 9.97. The Morgan fingerprint density at radius 2 is 1.86 bits per heavy atom. The van der Waals surface area contributed by atoms with Gasteiger partial charge in [0.25, 0.3) is 0 Å². The highest BCUT2D eigenvalue weighted by atomic mass is 16.6. The zero-order valence-corrected chi connectivity index (χ0v) is 17.5. The molecule has 0 aromatic heterocycles. The Labute approximate surface area is 171 Å². The molecule has 7 heteroatoms. The summed E-state index contributed by atoms with van der Waals surface area (Å²) >= 11 is 0. The van der Waals surface area contributed by atoms with Crippen LogP contribution in [0.4, 0.5) is 4.79 Å². The van der Waals surface area contributed by atoms with Gasteiger partial charge in [0.05, 0.1) is 12.6 Å². The van der Waals surface area contributed by atoms with Crippen molar-refractivity contribution in [3.63, 3.8) is 0 Å². The summed E-state index contributed by atoms with van der Waals surface area (Å²) in [6, 6.07) is 7.44. The van der Waals surface area contributed by atoms with Crippen LogP contribution >= 0.6 is 0 Å². The lowest BCUT2D eigenvalue weighted by molar-refractivity contribution is -0.150. The fourth-order valence-electron chi connectivity index (χ4n) is 4.63. The molecule has 1 saturated carbocycles. The molecule has 158 valence electrons. The first-order chi connectivity index (χ1) is 13.5. The summed E-state index contributed by atoms with van der Waals surface area (Å²) in [4.78, 5) is 40.1. The molecule has 2 aliphatic rings. The van der Waals surface area contributed by atoms with Crippen LogP contribution in [0.2, 0.25) is 0 Å². The minimum Gasteiger partial charge on any atom is -0.464 e. The average Bonchev–Trinajstić information content (AvgIpc) is 3.07. The summed E-state index contributed by atoms with van der Waals surface area (Å²) in [6.07, 6.45) is -0.661. The van der Waals surface area contributed by atoms with Crippen LogP contribution in [0.1, 0.15) is 52.6 Å². The molecule has 0 radical (unpaired) electrons. The molecular formula is C22H29NO6. The zero-order chi connectivity index (χ0) is 21.6. The molecule has 3 rings (SSSR count). The van der Waals surface area contributed by atoms with Gasteiger partial charge in [-0.25, -0.2) is 9.59 Å². The standard InChI is InChI=1S/C22H29NO6/c1-6-28-19(25)18-14-12-15(24)22(5,27)16(14)17(13-10-8-7-9-11-13)23(18)20(26)29-21(2,3)4/h7-11,14,16-18,27H,6,12H2,1-5H3/t14-,16+,17+,18-,22-/m0/s1. The number of ketones is 1. The molecule has 1 heterocycles. The van der Waals surface area contributed by atoms with Crippen molar-refractivity contribution in [2.75, 3.05) is 6.61 Å². The summed E-state index contributed by atoms with van der Waals surface area (Å²) in [5.74, 6) is -2.10. The second kappa shape index (κ2) is 7.44. The lowest BCUT2D eigenvalue weighted by Crippen LogP contribution is -2.48. The molecular weight excluding hydrogens is 374 g/mol. The lowest BCUT2D eigenvalue weighted by atomic mass is 9.80. The van der Waals surface area contributed by atoms with Crippen LogP contribution in [0.15, 0.2) is 30.3 Å². The first kappa shape index (κ1) is 21.3. The van der Waals surface area contributed by atoms with E-state index in [1.54, 1.807) is 27.7 Å². The van der Waals surface area contributed by atoms with E-state index in [1.165, 1.54) is 11.8 Å². The van der Waals surface area contributed by atoms with Crippen LogP contribution in [0.3, 0.4) is 0 Å². The third-order valence-corrected chi connectivity index (χ3v) is 5.71. The maximum Gasteiger partial charge on any atom is 0.411 e. The van der Waals surface area contributed by atoms with Crippen molar-refractivity contribution in [2.24, 2.45) is 11.8 Å². The highest BCUT2D eigenvalue weighted by Crippen LogP contribution is 2.56. The van der Waals surface area contributed by atoms with Gasteiger partial charge in [0.2, 0.25) is 0 Å². The van der Waals surface area contributed by atoms with E-state index in [1.807, 2.05) is 30.3 Å². The fourth-order valence-corrected chi connectivity index (χ4v) is 4.63. The Balaban J connectivity index is 2.15. The van der Waals surface area contributed by atoms with Gasteiger partial charge in [-0.05, 0) is 40.2 Å². The molecule has 1 aliphatic carbocycles. The number of carbonyl (C=O) groups is 3. The number of esters is 1. The number of hydrogen-bond donors (Lipinski definition) is 1. The SMILES string of the molecule is CCOC(=O)[C@@H]1[C@H]2CC(=O)[C@](C)(O)[C@H]2[C@@H](c2ccccc2)N1C(=O)OC(C)(C)C. The van der Waals surface area contributed by atoms with Crippen molar-refractivity contribution in [3.05, 3.63) is 35.9 Å². The molecule has 29 heavy (non-hydrogen) atoms. The third-order valence-electron chi connectivity index (χ3n) is 5.71. The van der Waals surface area contributed by atoms with Crippen LogP contribution in [0, 0.1) is 11.8 Å². The smallest absolute Gasteiger partial charge is 0.411 e. The van der Waals surface area contributed by atoms with E-state index in [0.717, 1.165) is 5.56 Å². The average molecular weight is 403 g/mol. The highest BCUT2D eigenvalue weighted by Gasteiger charge is 2.66. The number of nitrogens with zero attached hydrogens (tertiary/aromatic N) is 1. The van der Waals surface area contributed by atoms with E-state index in [-0.39, 0.29) is 18.8 Å². The molecule has 1 aromatic carbocycles. The van der Waals surface area contributed by atoms with Crippen LogP contribution < -0.4 is 0 Å². The second-order valence-corrected chi connectivity index (χ2v) is 8.90. The third kappa shape index (κ3) is 3.75. The van der Waals surface area contributed by atoms with E-state index < -0.39 is 47.2 Å². The minimum absolute atomic E-state index is 0.00375. The second-order valence-electron chi connectivity index (χ2n) is 8.90. The van der Waals surface area contributed by atoms with E-state index in [9.17, 15) is 19.5 Å². The van der Waals surface area contributed by atoms with Gasteiger partial charge in [-0.3, -0.25) is 9.69 Å². The molecule has 5 atom stereocenters. The summed E-state index contributed by atoms with van der Waals surface area (Å²) in [6.45, 7) is 8.55. The molecule has 1 aliphatic heterocycles. The molecule has 1 amide bonds.